The zero-order valence-electron chi connectivity index (χ0n) is 10.1. The molecule has 98 valence electrons. The number of carbonyl (C=O) groups excluding carboxylic acids is 1. The van der Waals surface area contributed by atoms with Crippen molar-refractivity contribution in [1.82, 2.24) is 14.5 Å². The molecule has 6 nitrogen and oxygen atoms in total. The van der Waals surface area contributed by atoms with E-state index >= 15 is 0 Å². The van der Waals surface area contributed by atoms with Crippen LogP contribution in [-0.2, 0) is 4.79 Å². The lowest BCUT2D eigenvalue weighted by Gasteiger charge is -2.08. The van der Waals surface area contributed by atoms with E-state index in [9.17, 15) is 14.7 Å². The molecule has 2 aromatic rings. The monoisotopic (exact) mass is 259 g/mol. The van der Waals surface area contributed by atoms with Gasteiger partial charge in [-0.25, -0.2) is 4.79 Å². The number of aromatic hydroxyl groups is 1. The van der Waals surface area contributed by atoms with E-state index in [2.05, 4.69) is 5.32 Å². The first kappa shape index (κ1) is 11.6. The van der Waals surface area contributed by atoms with E-state index in [-0.39, 0.29) is 11.8 Å². The largest absolute Gasteiger partial charge is 0.493 e. The predicted molar refractivity (Wildman–Crippen MR) is 68.4 cm³/mol. The highest BCUT2D eigenvalue weighted by molar-refractivity contribution is 5.82. The molecule has 1 saturated heterocycles. The maximum Gasteiger partial charge on any atom is 0.336 e. The Balaban J connectivity index is 2.11. The number of nitrogens with one attached hydrogen (secondary N) is 1. The molecule has 1 aromatic carbocycles. The number of imidazole rings is 1. The molecule has 2 heterocycles. The number of aromatic nitrogens is 2. The quantitative estimate of drug-likeness (QED) is 0.820. The Bertz CT molecular complexity index is 672. The van der Waals surface area contributed by atoms with Gasteiger partial charge in [0.15, 0.2) is 0 Å². The number of amides is 1. The average molecular weight is 259 g/mol. The van der Waals surface area contributed by atoms with Crippen molar-refractivity contribution < 1.29 is 9.90 Å². The highest BCUT2D eigenvalue weighted by Crippen LogP contribution is 2.21. The fourth-order valence-electron chi connectivity index (χ4n) is 2.34. The molecule has 0 bridgehead atoms. The second kappa shape index (κ2) is 4.31. The minimum atomic E-state index is -0.627. The SMILES string of the molecule is O=C1NCCC1n1c(O)cn(-c2ccccc2)c1=O. The van der Waals surface area contributed by atoms with E-state index < -0.39 is 11.7 Å². The number of hydrogen-bond donors (Lipinski definition) is 2. The summed E-state index contributed by atoms with van der Waals surface area (Å²) in [4.78, 5) is 23.9. The van der Waals surface area contributed by atoms with Crippen molar-refractivity contribution in [2.24, 2.45) is 0 Å². The molecule has 1 aromatic heterocycles. The van der Waals surface area contributed by atoms with Gasteiger partial charge in [-0.15, -0.1) is 0 Å². The molecule has 1 aliphatic heterocycles. The van der Waals surface area contributed by atoms with Gasteiger partial charge in [0.2, 0.25) is 11.8 Å². The second-order valence-electron chi connectivity index (χ2n) is 4.44. The second-order valence-corrected chi connectivity index (χ2v) is 4.44. The maximum atomic E-state index is 12.3. The third-order valence-electron chi connectivity index (χ3n) is 3.27. The first-order valence-electron chi connectivity index (χ1n) is 6.04. The zero-order chi connectivity index (χ0) is 13.4. The van der Waals surface area contributed by atoms with Gasteiger partial charge in [0.25, 0.3) is 0 Å². The molecule has 1 atom stereocenters. The van der Waals surface area contributed by atoms with Crippen molar-refractivity contribution in [3.63, 3.8) is 0 Å². The molecule has 0 spiro atoms. The highest BCUT2D eigenvalue weighted by atomic mass is 16.3. The summed E-state index contributed by atoms with van der Waals surface area (Å²) in [6.07, 6.45) is 1.84. The summed E-state index contributed by atoms with van der Waals surface area (Å²) in [6.45, 7) is 0.520. The minimum absolute atomic E-state index is 0.198. The molecular formula is C13H13N3O3. The van der Waals surface area contributed by atoms with Crippen molar-refractivity contribution in [1.29, 1.82) is 0 Å². The van der Waals surface area contributed by atoms with Crippen LogP contribution in [0.25, 0.3) is 5.69 Å². The number of benzene rings is 1. The highest BCUT2D eigenvalue weighted by Gasteiger charge is 2.30. The topological polar surface area (TPSA) is 76.3 Å². The van der Waals surface area contributed by atoms with Crippen LogP contribution in [0.5, 0.6) is 5.88 Å². The molecule has 1 aliphatic rings. The molecule has 0 aliphatic carbocycles. The van der Waals surface area contributed by atoms with Crippen LogP contribution < -0.4 is 11.0 Å². The normalized spacial score (nSPS) is 18.5. The third kappa shape index (κ3) is 1.81. The summed E-state index contributed by atoms with van der Waals surface area (Å²) in [7, 11) is 0. The molecule has 6 heteroatoms. The molecule has 1 unspecified atom stereocenters. The molecule has 0 radical (unpaired) electrons. The smallest absolute Gasteiger partial charge is 0.336 e. The third-order valence-corrected chi connectivity index (χ3v) is 3.27. The Hall–Kier alpha value is -2.50. The number of hydrogen-bond acceptors (Lipinski definition) is 3. The van der Waals surface area contributed by atoms with Gasteiger partial charge in [0.05, 0.1) is 11.9 Å². The Labute approximate surface area is 108 Å². The standard InChI is InChI=1S/C13H13N3O3/c17-11-8-15(9-4-2-1-3-5-9)13(19)16(11)10-6-7-14-12(10)18/h1-5,8,10,17H,6-7H2,(H,14,18). The van der Waals surface area contributed by atoms with Crippen LogP contribution in [0.2, 0.25) is 0 Å². The van der Waals surface area contributed by atoms with Crippen molar-refractivity contribution in [2.75, 3.05) is 6.54 Å². The molecular weight excluding hydrogens is 246 g/mol. The number of nitrogens with zero attached hydrogens (tertiary/aromatic N) is 2. The number of rotatable bonds is 2. The minimum Gasteiger partial charge on any atom is -0.493 e. The van der Waals surface area contributed by atoms with Gasteiger partial charge in [-0.2, -0.15) is 0 Å². The van der Waals surface area contributed by atoms with E-state index in [1.165, 1.54) is 10.8 Å². The van der Waals surface area contributed by atoms with Crippen LogP contribution in [0.15, 0.2) is 41.3 Å². The van der Waals surface area contributed by atoms with Gasteiger partial charge >= 0.3 is 5.69 Å². The van der Waals surface area contributed by atoms with Gasteiger partial charge in [0.1, 0.15) is 6.04 Å². The lowest BCUT2D eigenvalue weighted by molar-refractivity contribution is -0.122. The van der Waals surface area contributed by atoms with Crippen LogP contribution >= 0.6 is 0 Å². The van der Waals surface area contributed by atoms with E-state index in [0.717, 1.165) is 4.57 Å². The van der Waals surface area contributed by atoms with E-state index in [0.29, 0.717) is 18.7 Å². The van der Waals surface area contributed by atoms with E-state index in [4.69, 9.17) is 0 Å². The van der Waals surface area contributed by atoms with Crippen LogP contribution in [0, 0.1) is 0 Å². The fourth-order valence-corrected chi connectivity index (χ4v) is 2.34. The van der Waals surface area contributed by atoms with Crippen molar-refractivity contribution in [3.05, 3.63) is 47.0 Å². The summed E-state index contributed by atoms with van der Waals surface area (Å²) in [5.41, 5.74) is 0.241. The first-order chi connectivity index (χ1) is 9.18. The van der Waals surface area contributed by atoms with Crippen LogP contribution in [0.4, 0.5) is 0 Å². The Morgan fingerprint density at radius 3 is 2.58 bits per heavy atom. The molecule has 19 heavy (non-hydrogen) atoms. The van der Waals surface area contributed by atoms with E-state index in [1.54, 1.807) is 24.3 Å². The lowest BCUT2D eigenvalue weighted by Crippen LogP contribution is -2.30. The van der Waals surface area contributed by atoms with Crippen LogP contribution in [-0.4, -0.2) is 26.7 Å². The molecule has 1 amide bonds. The predicted octanol–water partition coefficient (Wildman–Crippen LogP) is 0.406. The number of carbonyl (C=O) groups is 1. The Morgan fingerprint density at radius 1 is 1.21 bits per heavy atom. The van der Waals surface area contributed by atoms with Crippen molar-refractivity contribution >= 4 is 5.91 Å². The van der Waals surface area contributed by atoms with Crippen LogP contribution in [0.3, 0.4) is 0 Å². The number of para-hydroxylation sites is 1. The summed E-state index contributed by atoms with van der Waals surface area (Å²) < 4.78 is 2.47. The Morgan fingerprint density at radius 2 is 1.95 bits per heavy atom. The molecule has 1 fully saturated rings. The first-order valence-corrected chi connectivity index (χ1v) is 6.04. The van der Waals surface area contributed by atoms with Gasteiger partial charge in [-0.05, 0) is 18.6 Å². The lowest BCUT2D eigenvalue weighted by atomic mass is 10.2. The van der Waals surface area contributed by atoms with Crippen LogP contribution in [0.1, 0.15) is 12.5 Å². The maximum absolute atomic E-state index is 12.3. The van der Waals surface area contributed by atoms with Gasteiger partial charge in [-0.3, -0.25) is 13.9 Å². The summed E-state index contributed by atoms with van der Waals surface area (Å²) >= 11 is 0. The summed E-state index contributed by atoms with van der Waals surface area (Å²) in [6, 6.07) is 8.35. The molecule has 2 N–H and O–H groups in total. The van der Waals surface area contributed by atoms with E-state index in [1.807, 2.05) is 6.07 Å². The van der Waals surface area contributed by atoms with Crippen molar-refractivity contribution in [3.8, 4) is 11.6 Å². The fraction of sp³-hybridized carbons (Fsp3) is 0.231. The summed E-state index contributed by atoms with van der Waals surface area (Å²) in [5.74, 6) is -0.431. The zero-order valence-corrected chi connectivity index (χ0v) is 10.1. The van der Waals surface area contributed by atoms with Gasteiger partial charge in [-0.1, -0.05) is 18.2 Å². The molecule has 0 saturated carbocycles. The van der Waals surface area contributed by atoms with Gasteiger partial charge < -0.3 is 10.4 Å². The molecule has 3 rings (SSSR count). The van der Waals surface area contributed by atoms with Gasteiger partial charge in [0, 0.05) is 6.54 Å². The summed E-state index contributed by atoms with van der Waals surface area (Å²) in [5, 5.41) is 12.6. The average Bonchev–Trinajstić information content (AvgIpc) is 2.95. The van der Waals surface area contributed by atoms with Crippen molar-refractivity contribution in [2.45, 2.75) is 12.5 Å². The Kier molecular flexibility index (Phi) is 2.63.